The zero-order chi connectivity index (χ0) is 8.97. The minimum absolute atomic E-state index is 0.310. The van der Waals surface area contributed by atoms with E-state index in [0.29, 0.717) is 12.0 Å². The Balaban J connectivity index is 3.23. The van der Waals surface area contributed by atoms with Crippen LogP contribution in [-0.2, 0) is 6.42 Å². The number of nitriles is 2. The third kappa shape index (κ3) is 1.44. The van der Waals surface area contributed by atoms with Crippen LogP contribution >= 0.6 is 0 Å². The van der Waals surface area contributed by atoms with Gasteiger partial charge in [0.15, 0.2) is 0 Å². The lowest BCUT2D eigenvalue weighted by molar-refractivity contribution is 1.22. The lowest BCUT2D eigenvalue weighted by atomic mass is 10.0. The second-order valence-electron chi connectivity index (χ2n) is 2.56. The molecule has 0 heterocycles. The number of hydrogen-bond donors (Lipinski definition) is 0. The second kappa shape index (κ2) is 3.55. The van der Waals surface area contributed by atoms with Gasteiger partial charge in [0.1, 0.15) is 0 Å². The topological polar surface area (TPSA) is 47.6 Å². The van der Waals surface area contributed by atoms with Gasteiger partial charge in [-0.25, -0.2) is 0 Å². The van der Waals surface area contributed by atoms with Gasteiger partial charge >= 0.3 is 0 Å². The third-order valence-electron chi connectivity index (χ3n) is 1.74. The standard InChI is InChI=1S/C10H8N2/c1-8-3-2-4-9(5-6-11)10(8)7-12/h2-4H,5H2,1H3. The van der Waals surface area contributed by atoms with Gasteiger partial charge in [-0.1, -0.05) is 18.2 Å². The maximum Gasteiger partial charge on any atom is 0.0997 e. The zero-order valence-electron chi connectivity index (χ0n) is 6.83. The molecule has 1 rings (SSSR count). The summed E-state index contributed by atoms with van der Waals surface area (Å²) in [6, 6.07) is 9.68. The molecule has 0 amide bonds. The fraction of sp³-hybridized carbons (Fsp3) is 0.200. The number of rotatable bonds is 1. The first-order valence-corrected chi connectivity index (χ1v) is 3.65. The van der Waals surface area contributed by atoms with Crippen LogP contribution in [0.2, 0.25) is 0 Å². The van der Waals surface area contributed by atoms with E-state index in [4.69, 9.17) is 10.5 Å². The molecule has 1 aromatic carbocycles. The molecule has 0 fully saturated rings. The molecule has 0 unspecified atom stereocenters. The number of nitrogens with zero attached hydrogens (tertiary/aromatic N) is 2. The lowest BCUT2D eigenvalue weighted by Gasteiger charge is -2.00. The molecule has 0 saturated heterocycles. The quantitative estimate of drug-likeness (QED) is 0.623. The van der Waals surface area contributed by atoms with E-state index >= 15 is 0 Å². The Hall–Kier alpha value is -1.80. The Morgan fingerprint density at radius 1 is 1.33 bits per heavy atom. The van der Waals surface area contributed by atoms with Crippen molar-refractivity contribution in [2.75, 3.05) is 0 Å². The first-order valence-electron chi connectivity index (χ1n) is 3.65. The van der Waals surface area contributed by atoms with E-state index in [2.05, 4.69) is 6.07 Å². The van der Waals surface area contributed by atoms with E-state index in [1.54, 1.807) is 0 Å². The van der Waals surface area contributed by atoms with Crippen LogP contribution in [-0.4, -0.2) is 0 Å². The summed E-state index contributed by atoms with van der Waals surface area (Å²) in [5, 5.41) is 17.2. The minimum Gasteiger partial charge on any atom is -0.198 e. The molecule has 0 aliphatic carbocycles. The normalized spacial score (nSPS) is 8.58. The fourth-order valence-corrected chi connectivity index (χ4v) is 1.12. The van der Waals surface area contributed by atoms with Crippen molar-refractivity contribution in [1.29, 1.82) is 10.5 Å². The average molecular weight is 156 g/mol. The third-order valence-corrected chi connectivity index (χ3v) is 1.74. The molecule has 0 aromatic heterocycles. The van der Waals surface area contributed by atoms with Gasteiger partial charge in [-0.3, -0.25) is 0 Å². The summed E-state index contributed by atoms with van der Waals surface area (Å²) in [6.45, 7) is 1.87. The highest BCUT2D eigenvalue weighted by atomic mass is 14.3. The SMILES string of the molecule is Cc1cccc(CC#N)c1C#N. The van der Waals surface area contributed by atoms with Crippen molar-refractivity contribution in [3.63, 3.8) is 0 Å². The predicted octanol–water partition coefficient (Wildman–Crippen LogP) is 1.93. The van der Waals surface area contributed by atoms with Gasteiger partial charge in [0.25, 0.3) is 0 Å². The van der Waals surface area contributed by atoms with Crippen molar-refractivity contribution in [2.45, 2.75) is 13.3 Å². The Bertz CT molecular complexity index is 366. The van der Waals surface area contributed by atoms with Gasteiger partial charge < -0.3 is 0 Å². The van der Waals surface area contributed by atoms with Gasteiger partial charge in [-0.2, -0.15) is 10.5 Å². The molecule has 0 spiro atoms. The van der Waals surface area contributed by atoms with Gasteiger partial charge in [0.05, 0.1) is 24.1 Å². The van der Waals surface area contributed by atoms with Crippen molar-refractivity contribution in [3.8, 4) is 12.1 Å². The molecule has 2 nitrogen and oxygen atoms in total. The predicted molar refractivity (Wildman–Crippen MR) is 45.2 cm³/mol. The molecular formula is C10H8N2. The first kappa shape index (κ1) is 8.30. The molecule has 58 valence electrons. The number of benzene rings is 1. The molecule has 0 radical (unpaired) electrons. The summed E-state index contributed by atoms with van der Waals surface area (Å²) in [6.07, 6.45) is 0.310. The molecule has 0 aliphatic rings. The van der Waals surface area contributed by atoms with Gasteiger partial charge in [0.2, 0.25) is 0 Å². The summed E-state index contributed by atoms with van der Waals surface area (Å²) < 4.78 is 0. The highest BCUT2D eigenvalue weighted by molar-refractivity contribution is 5.44. The van der Waals surface area contributed by atoms with Crippen LogP contribution in [0.3, 0.4) is 0 Å². The van der Waals surface area contributed by atoms with E-state index in [0.717, 1.165) is 11.1 Å². The smallest absolute Gasteiger partial charge is 0.0997 e. The Labute approximate surface area is 71.7 Å². The zero-order valence-corrected chi connectivity index (χ0v) is 6.83. The maximum atomic E-state index is 8.77. The summed E-state index contributed by atoms with van der Waals surface area (Å²) >= 11 is 0. The minimum atomic E-state index is 0.310. The number of aryl methyl sites for hydroxylation is 1. The maximum absolute atomic E-state index is 8.77. The Morgan fingerprint density at radius 2 is 2.08 bits per heavy atom. The van der Waals surface area contributed by atoms with Crippen LogP contribution in [0.4, 0.5) is 0 Å². The van der Waals surface area contributed by atoms with Crippen LogP contribution < -0.4 is 0 Å². The van der Waals surface area contributed by atoms with Crippen LogP contribution in [0.25, 0.3) is 0 Å². The lowest BCUT2D eigenvalue weighted by Crippen LogP contribution is -1.90. The molecular weight excluding hydrogens is 148 g/mol. The van der Waals surface area contributed by atoms with Crippen molar-refractivity contribution < 1.29 is 0 Å². The molecule has 0 aliphatic heterocycles. The average Bonchev–Trinajstić information content (AvgIpc) is 2.05. The second-order valence-corrected chi connectivity index (χ2v) is 2.56. The van der Waals surface area contributed by atoms with E-state index in [9.17, 15) is 0 Å². The highest BCUT2D eigenvalue weighted by Gasteiger charge is 2.02. The molecule has 1 aromatic rings. The van der Waals surface area contributed by atoms with Gasteiger partial charge in [0, 0.05) is 0 Å². The molecule has 0 N–H and O–H groups in total. The van der Waals surface area contributed by atoms with Crippen molar-refractivity contribution in [1.82, 2.24) is 0 Å². The highest BCUT2D eigenvalue weighted by Crippen LogP contribution is 2.12. The molecule has 0 bridgehead atoms. The summed E-state index contributed by atoms with van der Waals surface area (Å²) in [5.74, 6) is 0. The van der Waals surface area contributed by atoms with Gasteiger partial charge in [-0.05, 0) is 18.1 Å². The van der Waals surface area contributed by atoms with Crippen molar-refractivity contribution in [2.24, 2.45) is 0 Å². The first-order chi connectivity index (χ1) is 5.79. The van der Waals surface area contributed by atoms with Crippen LogP contribution in [0.15, 0.2) is 18.2 Å². The molecule has 2 heteroatoms. The fourth-order valence-electron chi connectivity index (χ4n) is 1.12. The molecule has 0 saturated carbocycles. The molecule has 0 atom stereocenters. The number of hydrogen-bond acceptors (Lipinski definition) is 2. The Morgan fingerprint density at radius 3 is 2.67 bits per heavy atom. The van der Waals surface area contributed by atoms with Crippen LogP contribution in [0.1, 0.15) is 16.7 Å². The van der Waals surface area contributed by atoms with Crippen LogP contribution in [0, 0.1) is 29.6 Å². The van der Waals surface area contributed by atoms with Gasteiger partial charge in [-0.15, -0.1) is 0 Å². The summed E-state index contributed by atoms with van der Waals surface area (Å²) in [5.41, 5.74) is 2.39. The van der Waals surface area contributed by atoms with E-state index in [-0.39, 0.29) is 0 Å². The van der Waals surface area contributed by atoms with Crippen LogP contribution in [0.5, 0.6) is 0 Å². The Kier molecular flexibility index (Phi) is 2.46. The largest absolute Gasteiger partial charge is 0.198 e. The monoisotopic (exact) mass is 156 g/mol. The van der Waals surface area contributed by atoms with E-state index < -0.39 is 0 Å². The van der Waals surface area contributed by atoms with E-state index in [1.807, 2.05) is 31.2 Å². The summed E-state index contributed by atoms with van der Waals surface area (Å²) in [7, 11) is 0. The van der Waals surface area contributed by atoms with Crippen molar-refractivity contribution in [3.05, 3.63) is 34.9 Å². The summed E-state index contributed by atoms with van der Waals surface area (Å²) in [4.78, 5) is 0. The van der Waals surface area contributed by atoms with Crippen molar-refractivity contribution >= 4 is 0 Å². The molecule has 12 heavy (non-hydrogen) atoms. The van der Waals surface area contributed by atoms with E-state index in [1.165, 1.54) is 0 Å².